The van der Waals surface area contributed by atoms with E-state index in [0.717, 1.165) is 11.3 Å². The second kappa shape index (κ2) is 10.7. The summed E-state index contributed by atoms with van der Waals surface area (Å²) in [5, 5.41) is 16.1. The minimum Gasteiger partial charge on any atom is -0.379 e. The molecule has 3 rings (SSSR count). The fourth-order valence-electron chi connectivity index (χ4n) is 3.53. The number of hydrogen-bond acceptors (Lipinski definition) is 7. The summed E-state index contributed by atoms with van der Waals surface area (Å²) >= 11 is 0. The van der Waals surface area contributed by atoms with Crippen LogP contribution in [0.4, 0.5) is 17.1 Å². The molecule has 1 heterocycles. The fourth-order valence-corrected chi connectivity index (χ4v) is 3.53. The summed E-state index contributed by atoms with van der Waals surface area (Å²) in [5.74, 6) is -1.81. The normalized spacial score (nSPS) is 14.9. The van der Waals surface area contributed by atoms with Gasteiger partial charge in [-0.2, -0.15) is 0 Å². The summed E-state index contributed by atoms with van der Waals surface area (Å²) < 4.78 is 5.44. The van der Waals surface area contributed by atoms with Crippen molar-refractivity contribution in [3.05, 3.63) is 64.2 Å². The summed E-state index contributed by atoms with van der Waals surface area (Å²) in [6.45, 7) is 2.82. The van der Waals surface area contributed by atoms with Gasteiger partial charge in [-0.1, -0.05) is 24.3 Å². The number of amides is 2. The number of para-hydroxylation sites is 2. The Balaban J connectivity index is 1.69. The lowest BCUT2D eigenvalue weighted by Gasteiger charge is -2.35. The van der Waals surface area contributed by atoms with Crippen LogP contribution in [0.5, 0.6) is 0 Å². The number of carbonyl (C=O) groups excluding carboxylic acids is 2. The van der Waals surface area contributed by atoms with E-state index in [0.29, 0.717) is 26.3 Å². The van der Waals surface area contributed by atoms with E-state index in [1.807, 2.05) is 43.3 Å². The Kier molecular flexibility index (Phi) is 7.74. The van der Waals surface area contributed by atoms with Gasteiger partial charge in [0.25, 0.3) is 5.69 Å². The standard InChI is InChI=1S/C22H27N5O5/c1-25(2)17-9-7-16(8-10-17)20(26-11-13-32-14-12-26)15-23-21(28)22(29)24-18-5-3-4-6-19(18)27(30)31/h3-10,20H,11-15H2,1-2H3,(H,23,28)(H,24,29)/t20-/m0/s1. The van der Waals surface area contributed by atoms with Crippen molar-refractivity contribution < 1.29 is 19.2 Å². The second-order valence-electron chi connectivity index (χ2n) is 7.59. The molecule has 1 aliphatic rings. The molecule has 0 radical (unpaired) electrons. The number of ether oxygens (including phenoxy) is 1. The Hall–Kier alpha value is -3.50. The number of benzene rings is 2. The third-order valence-electron chi connectivity index (χ3n) is 5.29. The van der Waals surface area contributed by atoms with Crippen molar-refractivity contribution in [2.24, 2.45) is 0 Å². The van der Waals surface area contributed by atoms with Gasteiger partial charge >= 0.3 is 11.8 Å². The monoisotopic (exact) mass is 441 g/mol. The number of anilines is 2. The quantitative estimate of drug-likeness (QED) is 0.382. The second-order valence-corrected chi connectivity index (χ2v) is 7.59. The summed E-state index contributed by atoms with van der Waals surface area (Å²) in [4.78, 5) is 39.5. The highest BCUT2D eigenvalue weighted by atomic mass is 16.6. The summed E-state index contributed by atoms with van der Waals surface area (Å²) in [6, 6.07) is 13.6. The molecule has 0 bridgehead atoms. The maximum Gasteiger partial charge on any atom is 0.313 e. The average Bonchev–Trinajstić information content (AvgIpc) is 2.80. The largest absolute Gasteiger partial charge is 0.379 e. The van der Waals surface area contributed by atoms with E-state index in [4.69, 9.17) is 4.74 Å². The van der Waals surface area contributed by atoms with Gasteiger partial charge in [-0.3, -0.25) is 24.6 Å². The van der Waals surface area contributed by atoms with Crippen molar-refractivity contribution >= 4 is 28.9 Å². The molecule has 170 valence electrons. The Bertz CT molecular complexity index is 957. The van der Waals surface area contributed by atoms with Crippen LogP contribution in [0.3, 0.4) is 0 Å². The molecule has 1 atom stereocenters. The first-order valence-corrected chi connectivity index (χ1v) is 10.3. The molecule has 10 nitrogen and oxygen atoms in total. The maximum absolute atomic E-state index is 12.4. The number of rotatable bonds is 7. The van der Waals surface area contributed by atoms with E-state index in [-0.39, 0.29) is 24.0 Å². The van der Waals surface area contributed by atoms with Gasteiger partial charge in [-0.05, 0) is 23.8 Å². The third kappa shape index (κ3) is 5.80. The van der Waals surface area contributed by atoms with Gasteiger partial charge in [0.05, 0.1) is 24.2 Å². The molecular formula is C22H27N5O5. The van der Waals surface area contributed by atoms with Crippen molar-refractivity contribution in [3.8, 4) is 0 Å². The molecule has 2 N–H and O–H groups in total. The molecule has 1 aliphatic heterocycles. The SMILES string of the molecule is CN(C)c1ccc([C@H](CNC(=O)C(=O)Nc2ccccc2[N+](=O)[O-])N2CCOCC2)cc1. The number of hydrogen-bond donors (Lipinski definition) is 2. The van der Waals surface area contributed by atoms with E-state index in [1.54, 1.807) is 6.07 Å². The zero-order valence-corrected chi connectivity index (χ0v) is 18.1. The van der Waals surface area contributed by atoms with Crippen molar-refractivity contribution in [2.45, 2.75) is 6.04 Å². The summed E-state index contributed by atoms with van der Waals surface area (Å²) in [5.41, 5.74) is 1.77. The topological polar surface area (TPSA) is 117 Å². The molecule has 0 aliphatic carbocycles. The highest BCUT2D eigenvalue weighted by Crippen LogP contribution is 2.25. The van der Waals surface area contributed by atoms with E-state index in [9.17, 15) is 19.7 Å². The van der Waals surface area contributed by atoms with Gasteiger partial charge in [0.15, 0.2) is 0 Å². The van der Waals surface area contributed by atoms with Crippen LogP contribution < -0.4 is 15.5 Å². The zero-order valence-electron chi connectivity index (χ0n) is 18.1. The number of nitro groups is 1. The molecule has 2 amide bonds. The lowest BCUT2D eigenvalue weighted by atomic mass is 10.0. The van der Waals surface area contributed by atoms with Crippen LogP contribution in [-0.2, 0) is 14.3 Å². The lowest BCUT2D eigenvalue weighted by Crippen LogP contribution is -2.45. The molecule has 0 spiro atoms. The Labute approximate surface area is 186 Å². The van der Waals surface area contributed by atoms with Gasteiger partial charge in [-0.15, -0.1) is 0 Å². The van der Waals surface area contributed by atoms with Crippen LogP contribution >= 0.6 is 0 Å². The van der Waals surface area contributed by atoms with Crippen LogP contribution in [0.2, 0.25) is 0 Å². The van der Waals surface area contributed by atoms with Crippen molar-refractivity contribution in [1.82, 2.24) is 10.2 Å². The molecule has 10 heteroatoms. The maximum atomic E-state index is 12.4. The van der Waals surface area contributed by atoms with Gasteiger partial charge in [0, 0.05) is 45.5 Å². The van der Waals surface area contributed by atoms with E-state index in [2.05, 4.69) is 15.5 Å². The number of nitrogens with zero attached hydrogens (tertiary/aromatic N) is 3. The van der Waals surface area contributed by atoms with Crippen LogP contribution in [-0.4, -0.2) is 68.6 Å². The number of carbonyl (C=O) groups is 2. The number of morpholine rings is 1. The first-order chi connectivity index (χ1) is 15.4. The smallest absolute Gasteiger partial charge is 0.313 e. The Morgan fingerprint density at radius 3 is 2.38 bits per heavy atom. The predicted octanol–water partition coefficient (Wildman–Crippen LogP) is 1.79. The van der Waals surface area contributed by atoms with Crippen LogP contribution in [0.25, 0.3) is 0 Å². The molecule has 1 fully saturated rings. The molecule has 1 saturated heterocycles. The number of nitro benzene ring substituents is 1. The van der Waals surface area contributed by atoms with Crippen LogP contribution in [0.15, 0.2) is 48.5 Å². The van der Waals surface area contributed by atoms with Gasteiger partial charge < -0.3 is 20.3 Å². The van der Waals surface area contributed by atoms with E-state index in [1.165, 1.54) is 18.2 Å². The first kappa shape index (κ1) is 23.2. The molecule has 0 aromatic heterocycles. The first-order valence-electron chi connectivity index (χ1n) is 10.3. The van der Waals surface area contributed by atoms with E-state index < -0.39 is 16.7 Å². The minimum atomic E-state index is -0.956. The van der Waals surface area contributed by atoms with Crippen molar-refractivity contribution in [2.75, 3.05) is 57.2 Å². The third-order valence-corrected chi connectivity index (χ3v) is 5.29. The molecule has 0 unspecified atom stereocenters. The van der Waals surface area contributed by atoms with Crippen LogP contribution in [0.1, 0.15) is 11.6 Å². The van der Waals surface area contributed by atoms with Crippen molar-refractivity contribution in [1.29, 1.82) is 0 Å². The van der Waals surface area contributed by atoms with Crippen molar-refractivity contribution in [3.63, 3.8) is 0 Å². The number of nitrogens with one attached hydrogen (secondary N) is 2. The molecule has 2 aromatic rings. The highest BCUT2D eigenvalue weighted by molar-refractivity contribution is 6.39. The molecule has 0 saturated carbocycles. The lowest BCUT2D eigenvalue weighted by molar-refractivity contribution is -0.383. The van der Waals surface area contributed by atoms with Gasteiger partial charge in [0.2, 0.25) is 0 Å². The minimum absolute atomic E-state index is 0.0262. The van der Waals surface area contributed by atoms with E-state index >= 15 is 0 Å². The fraction of sp³-hybridized carbons (Fsp3) is 0.364. The Morgan fingerprint density at radius 2 is 1.75 bits per heavy atom. The van der Waals surface area contributed by atoms with Gasteiger partial charge in [-0.25, -0.2) is 0 Å². The zero-order chi connectivity index (χ0) is 23.1. The van der Waals surface area contributed by atoms with Crippen LogP contribution in [0, 0.1) is 10.1 Å². The molecular weight excluding hydrogens is 414 g/mol. The average molecular weight is 441 g/mol. The highest BCUT2D eigenvalue weighted by Gasteiger charge is 2.25. The van der Waals surface area contributed by atoms with Gasteiger partial charge in [0.1, 0.15) is 5.69 Å². The molecule has 32 heavy (non-hydrogen) atoms. The summed E-state index contributed by atoms with van der Waals surface area (Å²) in [7, 11) is 3.93. The molecule has 2 aromatic carbocycles. The Morgan fingerprint density at radius 1 is 1.09 bits per heavy atom. The predicted molar refractivity (Wildman–Crippen MR) is 121 cm³/mol. The summed E-state index contributed by atoms with van der Waals surface area (Å²) in [6.07, 6.45) is 0.